The lowest BCUT2D eigenvalue weighted by Crippen LogP contribution is -2.47. The van der Waals surface area contributed by atoms with Gasteiger partial charge in [0.1, 0.15) is 17.4 Å². The van der Waals surface area contributed by atoms with Crippen LogP contribution >= 0.6 is 11.6 Å². The number of carbonyl (C=O) groups is 1. The zero-order valence-electron chi connectivity index (χ0n) is 18.2. The summed E-state index contributed by atoms with van der Waals surface area (Å²) in [5, 5.41) is 3.70. The third kappa shape index (κ3) is 5.98. The van der Waals surface area contributed by atoms with Crippen LogP contribution in [0.5, 0.6) is 5.75 Å². The fourth-order valence-corrected chi connectivity index (χ4v) is 3.78. The number of hydrogen-bond acceptors (Lipinski definition) is 6. The number of pyridine rings is 1. The van der Waals surface area contributed by atoms with Crippen LogP contribution in [-0.4, -0.2) is 81.2 Å². The quantitative estimate of drug-likeness (QED) is 0.624. The van der Waals surface area contributed by atoms with Gasteiger partial charge in [0.05, 0.1) is 23.4 Å². The molecule has 1 fully saturated rings. The summed E-state index contributed by atoms with van der Waals surface area (Å²) in [4.78, 5) is 22.8. The monoisotopic (exact) mass is 449 g/mol. The molecule has 1 aliphatic rings. The Labute approximate surface area is 187 Å². The Bertz CT molecular complexity index is 903. The molecule has 2 heterocycles. The van der Waals surface area contributed by atoms with E-state index < -0.39 is 0 Å². The van der Waals surface area contributed by atoms with Crippen molar-refractivity contribution in [1.82, 2.24) is 14.8 Å². The maximum atomic E-state index is 13.4. The van der Waals surface area contributed by atoms with Crippen LogP contribution in [0.2, 0.25) is 5.02 Å². The normalized spacial score (nSPS) is 14.4. The molecule has 9 heteroatoms. The highest BCUT2D eigenvalue weighted by Gasteiger charge is 2.20. The topological polar surface area (TPSA) is 60.9 Å². The Balaban J connectivity index is 1.47. The number of piperazine rings is 1. The van der Waals surface area contributed by atoms with Gasteiger partial charge >= 0.3 is 0 Å². The van der Waals surface area contributed by atoms with Crippen molar-refractivity contribution < 1.29 is 13.9 Å². The van der Waals surface area contributed by atoms with Crippen molar-refractivity contribution in [2.45, 2.75) is 6.42 Å². The van der Waals surface area contributed by atoms with Crippen LogP contribution in [0.25, 0.3) is 0 Å². The number of rotatable bonds is 8. The summed E-state index contributed by atoms with van der Waals surface area (Å²) in [6.45, 7) is 5.19. The van der Waals surface area contributed by atoms with Crippen LogP contribution in [0, 0.1) is 5.82 Å². The number of anilines is 2. The molecule has 168 valence electrons. The van der Waals surface area contributed by atoms with Crippen molar-refractivity contribution >= 4 is 29.0 Å². The summed E-state index contributed by atoms with van der Waals surface area (Å²) in [6.07, 6.45) is 2.46. The molecule has 1 aromatic heterocycles. The number of nitrogens with one attached hydrogen (secondary N) is 1. The van der Waals surface area contributed by atoms with Crippen LogP contribution in [0.1, 0.15) is 16.8 Å². The first-order chi connectivity index (χ1) is 14.9. The summed E-state index contributed by atoms with van der Waals surface area (Å²) >= 11 is 6.01. The molecule has 2 aromatic rings. The largest absolute Gasteiger partial charge is 0.494 e. The summed E-state index contributed by atoms with van der Waals surface area (Å²) in [5.74, 6) is 0.690. The first kappa shape index (κ1) is 23.1. The maximum Gasteiger partial charge on any atom is 0.257 e. The van der Waals surface area contributed by atoms with Gasteiger partial charge in [-0.3, -0.25) is 9.69 Å². The average Bonchev–Trinajstić information content (AvgIpc) is 2.77. The zero-order chi connectivity index (χ0) is 22.4. The zero-order valence-corrected chi connectivity index (χ0v) is 19.0. The van der Waals surface area contributed by atoms with E-state index in [0.717, 1.165) is 44.8 Å². The second-order valence-electron chi connectivity index (χ2n) is 7.67. The van der Waals surface area contributed by atoms with Crippen molar-refractivity contribution in [2.75, 3.05) is 70.7 Å². The van der Waals surface area contributed by atoms with Crippen LogP contribution in [-0.2, 0) is 0 Å². The third-order valence-electron chi connectivity index (χ3n) is 5.29. The number of hydrogen-bond donors (Lipinski definition) is 1. The smallest absolute Gasteiger partial charge is 0.257 e. The Morgan fingerprint density at radius 2 is 2.00 bits per heavy atom. The number of carbonyl (C=O) groups excluding carboxylic acids is 1. The number of benzene rings is 1. The lowest BCUT2D eigenvalue weighted by atomic mass is 10.2. The van der Waals surface area contributed by atoms with Crippen LogP contribution < -0.4 is 15.0 Å². The molecule has 0 radical (unpaired) electrons. The van der Waals surface area contributed by atoms with E-state index in [-0.39, 0.29) is 11.7 Å². The second kappa shape index (κ2) is 10.6. The van der Waals surface area contributed by atoms with Crippen molar-refractivity contribution in [1.29, 1.82) is 0 Å². The van der Waals surface area contributed by atoms with E-state index >= 15 is 0 Å². The molecule has 0 atom stereocenters. The van der Waals surface area contributed by atoms with Gasteiger partial charge in [-0.2, -0.15) is 0 Å². The highest BCUT2D eigenvalue weighted by molar-refractivity contribution is 6.31. The van der Waals surface area contributed by atoms with E-state index in [1.54, 1.807) is 39.5 Å². The number of ether oxygens (including phenoxy) is 1. The minimum Gasteiger partial charge on any atom is -0.494 e. The molecule has 1 aliphatic heterocycles. The molecule has 0 saturated carbocycles. The predicted molar refractivity (Wildman–Crippen MR) is 122 cm³/mol. The highest BCUT2D eigenvalue weighted by Crippen LogP contribution is 2.29. The Morgan fingerprint density at radius 1 is 1.26 bits per heavy atom. The van der Waals surface area contributed by atoms with Crippen LogP contribution in [0.15, 0.2) is 30.5 Å². The minimum absolute atomic E-state index is 0.134. The Kier molecular flexibility index (Phi) is 7.92. The van der Waals surface area contributed by atoms with E-state index in [9.17, 15) is 9.18 Å². The molecule has 1 saturated heterocycles. The summed E-state index contributed by atoms with van der Waals surface area (Å²) in [6, 6.07) is 6.31. The molecule has 0 spiro atoms. The molecular formula is C22H29ClFN5O2. The number of amides is 1. The molecule has 3 rings (SSSR count). The first-order valence-electron chi connectivity index (χ1n) is 10.3. The number of methoxy groups -OCH3 is 1. The lowest BCUT2D eigenvalue weighted by Gasteiger charge is -2.36. The molecular weight excluding hydrogens is 421 g/mol. The van der Waals surface area contributed by atoms with Gasteiger partial charge in [0.15, 0.2) is 0 Å². The summed E-state index contributed by atoms with van der Waals surface area (Å²) in [7, 11) is 4.97. The van der Waals surface area contributed by atoms with Crippen molar-refractivity contribution in [3.05, 3.63) is 46.9 Å². The molecule has 0 unspecified atom stereocenters. The van der Waals surface area contributed by atoms with Crippen LogP contribution in [0.3, 0.4) is 0 Å². The Morgan fingerprint density at radius 3 is 2.68 bits per heavy atom. The molecule has 1 amide bonds. The highest BCUT2D eigenvalue weighted by atomic mass is 35.5. The van der Waals surface area contributed by atoms with E-state index in [4.69, 9.17) is 16.3 Å². The van der Waals surface area contributed by atoms with E-state index in [1.807, 2.05) is 0 Å². The van der Waals surface area contributed by atoms with Crippen molar-refractivity contribution in [3.8, 4) is 5.75 Å². The lowest BCUT2D eigenvalue weighted by molar-refractivity contribution is 0.0828. The number of halogens is 2. The van der Waals surface area contributed by atoms with Gasteiger partial charge in [-0.05, 0) is 31.2 Å². The summed E-state index contributed by atoms with van der Waals surface area (Å²) in [5.41, 5.74) is 1.40. The number of nitrogens with zero attached hydrogens (tertiary/aromatic N) is 4. The van der Waals surface area contributed by atoms with Gasteiger partial charge < -0.3 is 19.9 Å². The molecule has 1 aromatic carbocycles. The maximum absolute atomic E-state index is 13.4. The van der Waals surface area contributed by atoms with Gasteiger partial charge in [0.25, 0.3) is 5.91 Å². The molecule has 0 bridgehead atoms. The van der Waals surface area contributed by atoms with Gasteiger partial charge in [-0.15, -0.1) is 0 Å². The minimum atomic E-state index is -0.294. The van der Waals surface area contributed by atoms with Gasteiger partial charge in [0, 0.05) is 59.1 Å². The fourth-order valence-electron chi connectivity index (χ4n) is 3.62. The van der Waals surface area contributed by atoms with E-state index in [1.165, 1.54) is 17.0 Å². The molecule has 0 aliphatic carbocycles. The average molecular weight is 450 g/mol. The van der Waals surface area contributed by atoms with Gasteiger partial charge in [-0.25, -0.2) is 9.37 Å². The third-order valence-corrected chi connectivity index (χ3v) is 5.50. The Hall–Kier alpha value is -2.58. The molecule has 31 heavy (non-hydrogen) atoms. The van der Waals surface area contributed by atoms with Gasteiger partial charge in [-0.1, -0.05) is 11.6 Å². The first-order valence-corrected chi connectivity index (χ1v) is 10.7. The number of aromatic nitrogens is 1. The molecule has 7 nitrogen and oxygen atoms in total. The molecule has 1 N–H and O–H groups in total. The van der Waals surface area contributed by atoms with E-state index in [0.29, 0.717) is 28.7 Å². The van der Waals surface area contributed by atoms with E-state index in [2.05, 4.69) is 20.1 Å². The van der Waals surface area contributed by atoms with Crippen molar-refractivity contribution in [2.24, 2.45) is 0 Å². The predicted octanol–water partition coefficient (Wildman–Crippen LogP) is 3.21. The van der Waals surface area contributed by atoms with Gasteiger partial charge in [0.2, 0.25) is 0 Å². The SMILES string of the molecule is COc1cc(F)ccc1N1CCN(CCCNc2ncc(Cl)cc2C(=O)N(C)C)CC1. The summed E-state index contributed by atoms with van der Waals surface area (Å²) < 4.78 is 18.8. The fraction of sp³-hybridized carbons (Fsp3) is 0.455. The second-order valence-corrected chi connectivity index (χ2v) is 8.11. The van der Waals surface area contributed by atoms with Crippen molar-refractivity contribution in [3.63, 3.8) is 0 Å². The standard InChI is InChI=1S/C22H29ClFN5O2/c1-27(2)22(30)18-13-16(23)15-26-21(18)25-7-4-8-28-9-11-29(12-10-28)19-6-5-17(24)14-20(19)31-3/h5-6,13-15H,4,7-12H2,1-3H3,(H,25,26). The van der Waals surface area contributed by atoms with Crippen LogP contribution in [0.4, 0.5) is 15.9 Å².